The molecule has 0 aliphatic heterocycles. The number of nitrogens with zero attached hydrogens (tertiary/aromatic N) is 3. The number of benzene rings is 1. The molecule has 5 nitrogen and oxygen atoms in total. The van der Waals surface area contributed by atoms with Gasteiger partial charge in [0.1, 0.15) is 0 Å². The molecule has 0 aliphatic carbocycles. The highest BCUT2D eigenvalue weighted by atomic mass is 32.2. The largest absolute Gasteiger partial charge is 0.417 e. The number of pyridine rings is 1. The monoisotopic (exact) mass is 365 g/mol. The van der Waals surface area contributed by atoms with Crippen LogP contribution < -0.4 is 0 Å². The van der Waals surface area contributed by atoms with Crippen molar-refractivity contribution in [3.05, 3.63) is 59.4 Å². The van der Waals surface area contributed by atoms with Gasteiger partial charge < -0.3 is 0 Å². The molecule has 0 radical (unpaired) electrons. The molecule has 128 valence electrons. The highest BCUT2D eigenvalue weighted by Crippen LogP contribution is 2.34. The number of halogens is 3. The van der Waals surface area contributed by atoms with Crippen molar-refractivity contribution >= 4 is 21.1 Å². The molecule has 0 atom stereocenters. The minimum atomic E-state index is -4.84. The maximum atomic E-state index is 13.1. The molecule has 0 aliphatic rings. The first-order chi connectivity index (χ1) is 11.7. The third-order valence-electron chi connectivity index (χ3n) is 3.65. The van der Waals surface area contributed by atoms with Crippen LogP contribution in [0.4, 0.5) is 13.2 Å². The summed E-state index contributed by atoms with van der Waals surface area (Å²) in [6, 6.07) is 8.59. The summed E-state index contributed by atoms with van der Waals surface area (Å²) >= 11 is 0. The van der Waals surface area contributed by atoms with Gasteiger partial charge in [-0.05, 0) is 43.3 Å². The molecule has 3 rings (SSSR count). The number of fused-ring (bicyclic) bond motifs is 1. The van der Waals surface area contributed by atoms with Crippen molar-refractivity contribution in [2.24, 2.45) is 0 Å². The SMILES string of the molecule is Cc1cc2cccnc2n1S(=O)(=O)c1ccc(C#N)c(C(F)(F)F)c1. The molecule has 0 bridgehead atoms. The number of hydrogen-bond acceptors (Lipinski definition) is 4. The van der Waals surface area contributed by atoms with E-state index in [1.54, 1.807) is 18.2 Å². The van der Waals surface area contributed by atoms with E-state index in [1.807, 2.05) is 0 Å². The van der Waals surface area contributed by atoms with E-state index in [0.29, 0.717) is 17.1 Å². The first-order valence-electron chi connectivity index (χ1n) is 6.96. The molecule has 3 aromatic rings. The Labute approximate surface area is 141 Å². The fraction of sp³-hybridized carbons (Fsp3) is 0.125. The van der Waals surface area contributed by atoms with Crippen LogP contribution in [-0.2, 0) is 16.2 Å². The summed E-state index contributed by atoms with van der Waals surface area (Å²) in [6.45, 7) is 1.52. The maximum Gasteiger partial charge on any atom is 0.417 e. The van der Waals surface area contributed by atoms with E-state index in [1.165, 1.54) is 19.2 Å². The zero-order valence-corrected chi connectivity index (χ0v) is 13.6. The maximum absolute atomic E-state index is 13.1. The zero-order chi connectivity index (χ0) is 18.4. The molecule has 0 spiro atoms. The number of aryl methyl sites for hydroxylation is 1. The van der Waals surface area contributed by atoms with Crippen LogP contribution in [0.5, 0.6) is 0 Å². The molecular formula is C16H10F3N3O2S. The lowest BCUT2D eigenvalue weighted by molar-refractivity contribution is -0.137. The van der Waals surface area contributed by atoms with E-state index in [2.05, 4.69) is 4.98 Å². The molecule has 0 unspecified atom stereocenters. The van der Waals surface area contributed by atoms with Gasteiger partial charge in [0.2, 0.25) is 0 Å². The summed E-state index contributed by atoms with van der Waals surface area (Å²) in [5, 5.41) is 9.38. The highest BCUT2D eigenvalue weighted by molar-refractivity contribution is 7.90. The van der Waals surface area contributed by atoms with Gasteiger partial charge in [0, 0.05) is 17.3 Å². The van der Waals surface area contributed by atoms with Gasteiger partial charge in [-0.15, -0.1) is 0 Å². The minimum absolute atomic E-state index is 0.123. The zero-order valence-electron chi connectivity index (χ0n) is 12.7. The summed E-state index contributed by atoms with van der Waals surface area (Å²) in [7, 11) is -4.32. The predicted molar refractivity (Wildman–Crippen MR) is 83.2 cm³/mol. The Bertz CT molecular complexity index is 1130. The molecule has 25 heavy (non-hydrogen) atoms. The summed E-state index contributed by atoms with van der Waals surface area (Å²) in [5.41, 5.74) is -1.50. The number of nitriles is 1. The van der Waals surface area contributed by atoms with E-state index >= 15 is 0 Å². The van der Waals surface area contributed by atoms with Crippen molar-refractivity contribution in [1.29, 1.82) is 5.26 Å². The van der Waals surface area contributed by atoms with Crippen molar-refractivity contribution in [1.82, 2.24) is 8.96 Å². The summed E-state index contributed by atoms with van der Waals surface area (Å²) in [5.74, 6) is 0. The number of aromatic nitrogens is 2. The van der Waals surface area contributed by atoms with Crippen LogP contribution in [-0.4, -0.2) is 17.4 Å². The van der Waals surface area contributed by atoms with Gasteiger partial charge in [-0.2, -0.15) is 18.4 Å². The van der Waals surface area contributed by atoms with Gasteiger partial charge in [-0.1, -0.05) is 0 Å². The van der Waals surface area contributed by atoms with Gasteiger partial charge >= 0.3 is 6.18 Å². The highest BCUT2D eigenvalue weighted by Gasteiger charge is 2.35. The van der Waals surface area contributed by atoms with E-state index in [4.69, 9.17) is 5.26 Å². The van der Waals surface area contributed by atoms with Crippen molar-refractivity contribution in [3.8, 4) is 6.07 Å². The average Bonchev–Trinajstić information content (AvgIpc) is 2.89. The molecule has 0 fully saturated rings. The quantitative estimate of drug-likeness (QED) is 0.697. The fourth-order valence-corrected chi connectivity index (χ4v) is 4.10. The van der Waals surface area contributed by atoms with Crippen LogP contribution in [0.15, 0.2) is 47.5 Å². The van der Waals surface area contributed by atoms with Crippen LogP contribution in [0.2, 0.25) is 0 Å². The molecule has 0 saturated carbocycles. The number of hydrogen-bond donors (Lipinski definition) is 0. The molecule has 0 amide bonds. The van der Waals surface area contributed by atoms with Gasteiger partial charge in [0.15, 0.2) is 5.65 Å². The van der Waals surface area contributed by atoms with E-state index in [-0.39, 0.29) is 5.65 Å². The van der Waals surface area contributed by atoms with Crippen LogP contribution in [0.25, 0.3) is 11.0 Å². The third kappa shape index (κ3) is 2.74. The lowest BCUT2D eigenvalue weighted by Crippen LogP contribution is -2.17. The van der Waals surface area contributed by atoms with E-state index < -0.39 is 32.2 Å². The van der Waals surface area contributed by atoms with Gasteiger partial charge in [-0.3, -0.25) is 0 Å². The standard InChI is InChI=1S/C16H10F3N3O2S/c1-10-7-11-3-2-6-21-15(11)22(10)25(23,24)13-5-4-12(9-20)14(8-13)16(17,18)19/h2-8H,1H3. The van der Waals surface area contributed by atoms with Crippen LogP contribution in [0.1, 0.15) is 16.8 Å². The minimum Gasteiger partial charge on any atom is -0.237 e. The normalized spacial score (nSPS) is 12.3. The Balaban J connectivity index is 2.28. The van der Waals surface area contributed by atoms with E-state index in [0.717, 1.165) is 16.1 Å². The van der Waals surface area contributed by atoms with Gasteiger partial charge in [0.05, 0.1) is 22.1 Å². The molecular weight excluding hydrogens is 355 g/mol. The van der Waals surface area contributed by atoms with E-state index in [9.17, 15) is 21.6 Å². The molecule has 1 aromatic carbocycles. The van der Waals surface area contributed by atoms with Crippen LogP contribution >= 0.6 is 0 Å². The Morgan fingerprint density at radius 3 is 2.56 bits per heavy atom. The number of alkyl halides is 3. The Morgan fingerprint density at radius 1 is 1.20 bits per heavy atom. The van der Waals surface area contributed by atoms with Crippen molar-refractivity contribution in [3.63, 3.8) is 0 Å². The van der Waals surface area contributed by atoms with Gasteiger partial charge in [-0.25, -0.2) is 17.4 Å². The lowest BCUT2D eigenvalue weighted by Gasteiger charge is -2.13. The summed E-state index contributed by atoms with van der Waals surface area (Å²) in [6.07, 6.45) is -3.45. The summed E-state index contributed by atoms with van der Waals surface area (Å²) in [4.78, 5) is 3.44. The second-order valence-corrected chi connectivity index (χ2v) is 7.08. The van der Waals surface area contributed by atoms with Crippen molar-refractivity contribution in [2.75, 3.05) is 0 Å². The second-order valence-electron chi connectivity index (χ2n) is 5.29. The van der Waals surface area contributed by atoms with Crippen molar-refractivity contribution < 1.29 is 21.6 Å². The van der Waals surface area contributed by atoms with Crippen LogP contribution in [0, 0.1) is 18.3 Å². The predicted octanol–water partition coefficient (Wildman–Crippen LogP) is 3.47. The second kappa shape index (κ2) is 5.60. The fourth-order valence-electron chi connectivity index (χ4n) is 2.57. The molecule has 9 heteroatoms. The van der Waals surface area contributed by atoms with Gasteiger partial charge in [0.25, 0.3) is 10.0 Å². The molecule has 2 heterocycles. The summed E-state index contributed by atoms with van der Waals surface area (Å²) < 4.78 is 66.0. The van der Waals surface area contributed by atoms with Crippen molar-refractivity contribution in [2.45, 2.75) is 18.0 Å². The smallest absolute Gasteiger partial charge is 0.237 e. The Morgan fingerprint density at radius 2 is 1.92 bits per heavy atom. The first kappa shape index (κ1) is 17.0. The molecule has 2 aromatic heterocycles. The number of rotatable bonds is 2. The third-order valence-corrected chi connectivity index (χ3v) is 5.44. The molecule has 0 N–H and O–H groups in total. The Kier molecular flexibility index (Phi) is 3.80. The topological polar surface area (TPSA) is 75.8 Å². The first-order valence-corrected chi connectivity index (χ1v) is 8.40. The van der Waals surface area contributed by atoms with Crippen LogP contribution in [0.3, 0.4) is 0 Å². The lowest BCUT2D eigenvalue weighted by atomic mass is 10.1. The molecule has 0 saturated heterocycles. The Hall–Kier alpha value is -2.86. The average molecular weight is 365 g/mol.